The minimum Gasteiger partial charge on any atom is -0.478 e. The first kappa shape index (κ1) is 17.8. The normalized spacial score (nSPS) is 43.4. The third-order valence-electron chi connectivity index (χ3n) is 5.36. The van der Waals surface area contributed by atoms with Gasteiger partial charge in [-0.3, -0.25) is 4.79 Å². The molecule has 2 aliphatic rings. The molecule has 2 fully saturated rings. The molecule has 6 N–H and O–H groups in total. The van der Waals surface area contributed by atoms with Gasteiger partial charge >= 0.3 is 5.97 Å². The van der Waals surface area contributed by atoms with Gasteiger partial charge in [-0.05, 0) is 31.4 Å². The van der Waals surface area contributed by atoms with Crippen molar-refractivity contribution < 1.29 is 44.0 Å². The summed E-state index contributed by atoms with van der Waals surface area (Å²) in [4.78, 5) is 24.4. The van der Waals surface area contributed by atoms with Crippen molar-refractivity contribution in [3.8, 4) is 0 Å². The molecule has 31 heavy (non-hydrogen) atoms. The molecule has 1 aliphatic carbocycles. The number of thioether (sulfide) groups is 1. The van der Waals surface area contributed by atoms with Crippen molar-refractivity contribution >= 4 is 23.6 Å². The predicted octanol–water partition coefficient (Wildman–Crippen LogP) is 0.349. The summed E-state index contributed by atoms with van der Waals surface area (Å²) in [5.74, 6) is -1.81. The van der Waals surface area contributed by atoms with E-state index in [9.17, 15) is 24.9 Å². The summed E-state index contributed by atoms with van der Waals surface area (Å²) in [5.41, 5.74) is -2.70. The molecule has 7 atom stereocenters. The highest BCUT2D eigenvalue weighted by Gasteiger charge is 2.44. The van der Waals surface area contributed by atoms with Gasteiger partial charge in [0.05, 0.1) is 21.8 Å². The Balaban J connectivity index is 1.82. The monoisotopic (exact) mass is 460 g/mol. The van der Waals surface area contributed by atoms with E-state index in [2.05, 4.69) is 15.5 Å². The molecule has 0 radical (unpaired) electrons. The molecule has 10 heteroatoms. The Hall–Kier alpha value is -1.69. The van der Waals surface area contributed by atoms with Crippen LogP contribution in [0.3, 0.4) is 0 Å². The fraction of sp³-hybridized carbons (Fsp3) is 0.619. The van der Waals surface area contributed by atoms with Crippen LogP contribution in [0.2, 0.25) is 0 Å². The van der Waals surface area contributed by atoms with Crippen LogP contribution in [0.5, 0.6) is 0 Å². The number of benzene rings is 1. The van der Waals surface area contributed by atoms with E-state index in [0.29, 0.717) is 25.7 Å². The number of ether oxygens (including phenoxy) is 1. The number of amides is 1. The van der Waals surface area contributed by atoms with E-state index in [4.69, 9.17) is 11.7 Å². The molecular weight excluding hydrogens is 426 g/mol. The van der Waals surface area contributed by atoms with E-state index in [0.717, 1.165) is 11.8 Å². The van der Waals surface area contributed by atoms with Crippen molar-refractivity contribution in [2.24, 2.45) is 0 Å². The van der Waals surface area contributed by atoms with Crippen LogP contribution in [0.1, 0.15) is 56.9 Å². The van der Waals surface area contributed by atoms with Crippen molar-refractivity contribution in [3.63, 3.8) is 0 Å². The smallest absolute Gasteiger partial charge is 0.336 e. The maximum absolute atomic E-state index is 12.9. The standard InChI is InChI=1S/C21H29NO8S/c23-10-15-16(24)17(25)18(26)21(30-15)31-12-6-2-1-5-11(9-12)22-19(27)13-7-3-4-8-14(13)20(28)29/h3-4,7-8,11-12,15-18,21,23-26H,1-2,5-6,9-10H2,(H,22,27)(H,28,29)/t11?,12?,15-,16+,17+,18-,21+/m1/s1/i17D,18D,21D,25D,26D. The zero-order chi connectivity index (χ0) is 26.7. The van der Waals surface area contributed by atoms with Gasteiger partial charge in [-0.1, -0.05) is 25.0 Å². The first-order valence-electron chi connectivity index (χ1n) is 12.3. The summed E-state index contributed by atoms with van der Waals surface area (Å²) < 4.78 is 45.9. The Bertz CT molecular complexity index is 965. The lowest BCUT2D eigenvalue weighted by Gasteiger charge is -2.40. The maximum Gasteiger partial charge on any atom is 0.336 e. The van der Waals surface area contributed by atoms with Crippen LogP contribution in [0.15, 0.2) is 24.3 Å². The summed E-state index contributed by atoms with van der Waals surface area (Å²) in [5, 5.41) is 40.4. The average molecular weight is 461 g/mol. The van der Waals surface area contributed by atoms with E-state index in [-0.39, 0.29) is 17.5 Å². The first-order valence-corrected chi connectivity index (χ1v) is 10.9. The number of carboxylic acids is 1. The lowest BCUT2D eigenvalue weighted by Crippen LogP contribution is -2.57. The van der Waals surface area contributed by atoms with E-state index >= 15 is 0 Å². The first-order chi connectivity index (χ1) is 17.0. The number of carboxylic acid groups (broad SMARTS) is 1. The third kappa shape index (κ3) is 5.76. The molecule has 3 rings (SSSR count). The molecule has 9 nitrogen and oxygen atoms in total. The number of hydrogen-bond donors (Lipinski definition) is 6. The molecule has 0 spiro atoms. The van der Waals surface area contributed by atoms with E-state index in [1.54, 1.807) is 6.07 Å². The van der Waals surface area contributed by atoms with E-state index in [1.165, 1.54) is 18.2 Å². The van der Waals surface area contributed by atoms with Crippen LogP contribution in [-0.2, 0) is 4.74 Å². The van der Waals surface area contributed by atoms with Crippen LogP contribution in [0, 0.1) is 0 Å². The Morgan fingerprint density at radius 2 is 1.90 bits per heavy atom. The topological polar surface area (TPSA) is 157 Å². The van der Waals surface area contributed by atoms with E-state index in [1.807, 2.05) is 0 Å². The third-order valence-corrected chi connectivity index (χ3v) is 6.61. The minimum atomic E-state index is -3.01. The average Bonchev–Trinajstić information content (AvgIpc) is 3.09. The number of aromatic carboxylic acids is 1. The van der Waals surface area contributed by atoms with Crippen molar-refractivity contribution in [3.05, 3.63) is 35.4 Å². The molecular formula is C21H29NO8S. The Morgan fingerprint density at radius 1 is 1.19 bits per heavy atom. The van der Waals surface area contributed by atoms with Crippen LogP contribution < -0.4 is 5.32 Å². The van der Waals surface area contributed by atoms with Gasteiger partial charge in [0.2, 0.25) is 2.86 Å². The van der Waals surface area contributed by atoms with Gasteiger partial charge in [-0.2, -0.15) is 0 Å². The zero-order valence-corrected chi connectivity index (χ0v) is 17.5. The van der Waals surface area contributed by atoms with Crippen LogP contribution >= 0.6 is 11.8 Å². The molecule has 172 valence electrons. The minimum absolute atomic E-state index is 0.00478. The van der Waals surface area contributed by atoms with Gasteiger partial charge in [0.1, 0.15) is 29.8 Å². The number of rotatable bonds is 8. The second-order valence-corrected chi connectivity index (χ2v) is 8.82. The number of carbonyl (C=O) groups excluding carboxylic acids is 1. The van der Waals surface area contributed by atoms with Crippen LogP contribution in [0.25, 0.3) is 0 Å². The summed E-state index contributed by atoms with van der Waals surface area (Å²) in [6, 6.07) is 5.39. The largest absolute Gasteiger partial charge is 0.478 e. The van der Waals surface area contributed by atoms with Gasteiger partial charge in [0, 0.05) is 11.3 Å². The summed E-state index contributed by atoms with van der Waals surface area (Å²) in [6.45, 7) is -0.841. The van der Waals surface area contributed by atoms with E-state index < -0.39 is 59.6 Å². The summed E-state index contributed by atoms with van der Waals surface area (Å²) in [7, 11) is 0. The lowest BCUT2D eigenvalue weighted by atomic mass is 10.0. The molecule has 1 saturated carbocycles. The molecule has 1 aromatic carbocycles. The highest BCUT2D eigenvalue weighted by Crippen LogP contribution is 2.36. The second kappa shape index (κ2) is 10.8. The molecule has 1 saturated heterocycles. The Labute approximate surface area is 191 Å². The van der Waals surface area contributed by atoms with Crippen molar-refractivity contribution in [1.29, 1.82) is 2.86 Å². The highest BCUT2D eigenvalue weighted by molar-refractivity contribution is 8.00. The predicted molar refractivity (Wildman–Crippen MR) is 113 cm³/mol. The Morgan fingerprint density at radius 3 is 2.58 bits per heavy atom. The number of carbonyl (C=O) groups is 2. The van der Waals surface area contributed by atoms with Crippen molar-refractivity contribution in [1.82, 2.24) is 5.32 Å². The SMILES string of the molecule is [2H]O[C@@]1([2H])[C@]([2H])(SC2CCCCC(NC(=O)c3ccccc3C(=O)O)C2)O[C@H](CO)[C@H](O)[C@]1([2H])O[2H]. The molecule has 1 aliphatic heterocycles. The van der Waals surface area contributed by atoms with Gasteiger partial charge in [-0.25, -0.2) is 4.79 Å². The van der Waals surface area contributed by atoms with Crippen molar-refractivity contribution in [2.45, 2.75) is 73.2 Å². The number of nitrogens with one attached hydrogen (secondary N) is 1. The van der Waals surface area contributed by atoms with Gasteiger partial charge < -0.3 is 35.6 Å². The maximum atomic E-state index is 12.9. The molecule has 0 aromatic heterocycles. The van der Waals surface area contributed by atoms with Gasteiger partial charge in [0.25, 0.3) is 5.91 Å². The molecule has 1 aromatic rings. The molecule has 1 amide bonds. The Kier molecular flexibility index (Phi) is 6.18. The number of aliphatic hydroxyl groups is 4. The number of hydrogen-bond acceptors (Lipinski definition) is 8. The van der Waals surface area contributed by atoms with Gasteiger partial charge in [0.15, 0.2) is 0 Å². The lowest BCUT2D eigenvalue weighted by molar-refractivity contribution is -0.205. The molecule has 1 heterocycles. The quantitative estimate of drug-likeness (QED) is 0.301. The highest BCUT2D eigenvalue weighted by atomic mass is 32.2. The zero-order valence-electron chi connectivity index (χ0n) is 21.7. The van der Waals surface area contributed by atoms with Crippen LogP contribution in [-0.4, -0.2) is 88.0 Å². The number of aliphatic hydroxyl groups excluding tert-OH is 2. The summed E-state index contributed by atoms with van der Waals surface area (Å²) >= 11 is 0.723. The fourth-order valence-corrected chi connectivity index (χ4v) is 5.02. The summed E-state index contributed by atoms with van der Waals surface area (Å²) in [6.07, 6.45) is -6.81. The van der Waals surface area contributed by atoms with Crippen molar-refractivity contribution in [2.75, 3.05) is 6.61 Å². The fourth-order valence-electron chi connectivity index (χ4n) is 3.71. The molecule has 0 bridgehead atoms. The molecule has 2 unspecified atom stereocenters. The van der Waals surface area contributed by atoms with Gasteiger partial charge in [-0.15, -0.1) is 11.8 Å². The second-order valence-electron chi connectivity index (χ2n) is 7.55. The van der Waals surface area contributed by atoms with Crippen LogP contribution in [0.4, 0.5) is 0 Å².